The molecule has 0 bridgehead atoms. The van der Waals surface area contributed by atoms with Crippen molar-refractivity contribution in [3.05, 3.63) is 59.7 Å². The van der Waals surface area contributed by atoms with Crippen LogP contribution >= 0.6 is 0 Å². The van der Waals surface area contributed by atoms with Gasteiger partial charge in [-0.2, -0.15) is 0 Å². The molecule has 104 valence electrons. The van der Waals surface area contributed by atoms with Crippen molar-refractivity contribution in [3.8, 4) is 11.5 Å². The SMILES string of the molecule is COc1cccc(COc2ccccc2CC(N)=O)c1. The number of primary amides is 1. The normalized spacial score (nSPS) is 10.1. The van der Waals surface area contributed by atoms with Gasteiger partial charge in [0.15, 0.2) is 0 Å². The van der Waals surface area contributed by atoms with Gasteiger partial charge in [0, 0.05) is 5.56 Å². The lowest BCUT2D eigenvalue weighted by Gasteiger charge is -2.11. The second kappa shape index (κ2) is 6.61. The molecule has 2 N–H and O–H groups in total. The summed E-state index contributed by atoms with van der Waals surface area (Å²) in [6.07, 6.45) is 0.175. The molecule has 20 heavy (non-hydrogen) atoms. The van der Waals surface area contributed by atoms with Gasteiger partial charge in [0.2, 0.25) is 5.91 Å². The number of methoxy groups -OCH3 is 1. The van der Waals surface area contributed by atoms with Crippen molar-refractivity contribution in [2.24, 2.45) is 5.73 Å². The van der Waals surface area contributed by atoms with E-state index in [0.29, 0.717) is 12.4 Å². The first-order valence-corrected chi connectivity index (χ1v) is 6.31. The van der Waals surface area contributed by atoms with Crippen molar-refractivity contribution < 1.29 is 14.3 Å². The van der Waals surface area contributed by atoms with Crippen LogP contribution in [0.5, 0.6) is 11.5 Å². The zero-order chi connectivity index (χ0) is 14.4. The minimum atomic E-state index is -0.373. The summed E-state index contributed by atoms with van der Waals surface area (Å²) in [5.74, 6) is 1.09. The first kappa shape index (κ1) is 13.9. The number of ether oxygens (including phenoxy) is 2. The van der Waals surface area contributed by atoms with Crippen LogP contribution in [0, 0.1) is 0 Å². The van der Waals surface area contributed by atoms with E-state index in [9.17, 15) is 4.79 Å². The summed E-state index contributed by atoms with van der Waals surface area (Å²) >= 11 is 0. The number of hydrogen-bond donors (Lipinski definition) is 1. The van der Waals surface area contributed by atoms with Crippen molar-refractivity contribution in [3.63, 3.8) is 0 Å². The molecule has 1 amide bonds. The van der Waals surface area contributed by atoms with Gasteiger partial charge in [0.25, 0.3) is 0 Å². The van der Waals surface area contributed by atoms with Crippen LogP contribution in [0.25, 0.3) is 0 Å². The van der Waals surface area contributed by atoms with Gasteiger partial charge in [0.1, 0.15) is 18.1 Å². The Morgan fingerprint density at radius 2 is 1.95 bits per heavy atom. The number of carbonyl (C=O) groups excluding carboxylic acids is 1. The Morgan fingerprint density at radius 1 is 1.15 bits per heavy atom. The molecule has 4 nitrogen and oxygen atoms in total. The lowest BCUT2D eigenvalue weighted by atomic mass is 10.1. The summed E-state index contributed by atoms with van der Waals surface area (Å²) in [5.41, 5.74) is 7.02. The maximum atomic E-state index is 11.0. The van der Waals surface area contributed by atoms with Gasteiger partial charge in [-0.3, -0.25) is 4.79 Å². The molecule has 0 aromatic heterocycles. The Labute approximate surface area is 118 Å². The van der Waals surface area contributed by atoms with Crippen LogP contribution in [0.3, 0.4) is 0 Å². The van der Waals surface area contributed by atoms with Crippen LogP contribution in [-0.4, -0.2) is 13.0 Å². The van der Waals surface area contributed by atoms with Gasteiger partial charge >= 0.3 is 0 Å². The van der Waals surface area contributed by atoms with E-state index >= 15 is 0 Å². The van der Waals surface area contributed by atoms with Crippen LogP contribution < -0.4 is 15.2 Å². The summed E-state index contributed by atoms with van der Waals surface area (Å²) in [7, 11) is 1.63. The van der Waals surface area contributed by atoms with Crippen LogP contribution in [0.4, 0.5) is 0 Å². The monoisotopic (exact) mass is 271 g/mol. The lowest BCUT2D eigenvalue weighted by Crippen LogP contribution is -2.14. The fraction of sp³-hybridized carbons (Fsp3) is 0.188. The maximum Gasteiger partial charge on any atom is 0.221 e. The van der Waals surface area contributed by atoms with E-state index in [1.54, 1.807) is 7.11 Å². The minimum Gasteiger partial charge on any atom is -0.497 e. The molecule has 4 heteroatoms. The molecule has 0 radical (unpaired) electrons. The predicted octanol–water partition coefficient (Wildman–Crippen LogP) is 2.30. The minimum absolute atomic E-state index is 0.175. The molecule has 0 aliphatic carbocycles. The average Bonchev–Trinajstić information content (AvgIpc) is 2.46. The molecule has 2 aromatic rings. The highest BCUT2D eigenvalue weighted by Crippen LogP contribution is 2.21. The van der Waals surface area contributed by atoms with Crippen molar-refractivity contribution >= 4 is 5.91 Å². The van der Waals surface area contributed by atoms with E-state index in [1.807, 2.05) is 48.5 Å². The highest BCUT2D eigenvalue weighted by atomic mass is 16.5. The summed E-state index contributed by atoms with van der Waals surface area (Å²) in [6, 6.07) is 15.1. The molecule has 2 aromatic carbocycles. The largest absolute Gasteiger partial charge is 0.497 e. The molecule has 0 unspecified atom stereocenters. The Bertz CT molecular complexity index is 596. The van der Waals surface area contributed by atoms with Gasteiger partial charge in [-0.1, -0.05) is 30.3 Å². The van der Waals surface area contributed by atoms with Crippen LogP contribution in [0.15, 0.2) is 48.5 Å². The van der Waals surface area contributed by atoms with E-state index < -0.39 is 0 Å². The topological polar surface area (TPSA) is 61.6 Å². The highest BCUT2D eigenvalue weighted by Gasteiger charge is 2.06. The Morgan fingerprint density at radius 3 is 2.70 bits per heavy atom. The zero-order valence-corrected chi connectivity index (χ0v) is 11.3. The molecule has 0 spiro atoms. The average molecular weight is 271 g/mol. The molecule has 0 saturated carbocycles. The number of rotatable bonds is 6. The number of carbonyl (C=O) groups is 1. The third-order valence-electron chi connectivity index (χ3n) is 2.87. The Balaban J connectivity index is 2.08. The van der Waals surface area contributed by atoms with Gasteiger partial charge in [-0.15, -0.1) is 0 Å². The van der Waals surface area contributed by atoms with E-state index in [2.05, 4.69) is 0 Å². The van der Waals surface area contributed by atoms with Crippen molar-refractivity contribution in [1.29, 1.82) is 0 Å². The molecule has 0 fully saturated rings. The van der Waals surface area contributed by atoms with Gasteiger partial charge in [0.05, 0.1) is 13.5 Å². The molecule has 0 saturated heterocycles. The molecule has 2 rings (SSSR count). The van der Waals surface area contributed by atoms with Gasteiger partial charge < -0.3 is 15.2 Å². The Hall–Kier alpha value is -2.49. The van der Waals surface area contributed by atoms with Crippen LogP contribution in [0.2, 0.25) is 0 Å². The fourth-order valence-corrected chi connectivity index (χ4v) is 1.90. The number of amides is 1. The summed E-state index contributed by atoms with van der Waals surface area (Å²) < 4.78 is 10.9. The highest BCUT2D eigenvalue weighted by molar-refractivity contribution is 5.77. The quantitative estimate of drug-likeness (QED) is 0.877. The van der Waals surface area contributed by atoms with Crippen molar-refractivity contribution in [2.75, 3.05) is 7.11 Å². The van der Waals surface area contributed by atoms with Crippen molar-refractivity contribution in [1.82, 2.24) is 0 Å². The van der Waals surface area contributed by atoms with Gasteiger partial charge in [-0.25, -0.2) is 0 Å². The molecular formula is C16H17NO3. The molecule has 0 atom stereocenters. The Kier molecular flexibility index (Phi) is 4.60. The number of nitrogens with two attached hydrogens (primary N) is 1. The third kappa shape index (κ3) is 3.75. The van der Waals surface area contributed by atoms with E-state index in [0.717, 1.165) is 16.9 Å². The number of benzene rings is 2. The lowest BCUT2D eigenvalue weighted by molar-refractivity contribution is -0.117. The molecule has 0 heterocycles. The predicted molar refractivity (Wildman–Crippen MR) is 76.7 cm³/mol. The van der Waals surface area contributed by atoms with E-state index in [-0.39, 0.29) is 12.3 Å². The molecule has 0 aliphatic rings. The number of hydrogen-bond acceptors (Lipinski definition) is 3. The van der Waals surface area contributed by atoms with E-state index in [1.165, 1.54) is 0 Å². The smallest absolute Gasteiger partial charge is 0.221 e. The second-order valence-electron chi connectivity index (χ2n) is 4.39. The zero-order valence-electron chi connectivity index (χ0n) is 11.3. The third-order valence-corrected chi connectivity index (χ3v) is 2.87. The van der Waals surface area contributed by atoms with Gasteiger partial charge in [-0.05, 0) is 23.8 Å². The summed E-state index contributed by atoms with van der Waals surface area (Å²) in [4.78, 5) is 11.0. The standard InChI is InChI=1S/C16H17NO3/c1-19-14-7-4-5-12(9-14)11-20-15-8-3-2-6-13(15)10-16(17)18/h2-9H,10-11H2,1H3,(H2,17,18). The molecular weight excluding hydrogens is 254 g/mol. The number of para-hydroxylation sites is 1. The van der Waals surface area contributed by atoms with Crippen LogP contribution in [-0.2, 0) is 17.8 Å². The summed E-state index contributed by atoms with van der Waals surface area (Å²) in [5, 5.41) is 0. The second-order valence-corrected chi connectivity index (χ2v) is 4.39. The van der Waals surface area contributed by atoms with Crippen LogP contribution in [0.1, 0.15) is 11.1 Å². The van der Waals surface area contributed by atoms with Crippen molar-refractivity contribution in [2.45, 2.75) is 13.0 Å². The maximum absolute atomic E-state index is 11.0. The first-order chi connectivity index (χ1) is 9.69. The first-order valence-electron chi connectivity index (χ1n) is 6.31. The fourth-order valence-electron chi connectivity index (χ4n) is 1.90. The summed E-state index contributed by atoms with van der Waals surface area (Å²) in [6.45, 7) is 0.410. The molecule has 0 aliphatic heterocycles. The van der Waals surface area contributed by atoms with E-state index in [4.69, 9.17) is 15.2 Å².